The number of amides is 1. The number of carbonyl (C=O) groups is 2. The average Bonchev–Trinajstić information content (AvgIpc) is 2.85. The van der Waals surface area contributed by atoms with Crippen LogP contribution in [0, 0.1) is 17.2 Å². The third-order valence-corrected chi connectivity index (χ3v) is 7.21. The van der Waals surface area contributed by atoms with Crippen LogP contribution in [0.2, 0.25) is 5.02 Å². The van der Waals surface area contributed by atoms with E-state index in [1.165, 1.54) is 18.2 Å². The van der Waals surface area contributed by atoms with Gasteiger partial charge in [0, 0.05) is 66.5 Å². The van der Waals surface area contributed by atoms with E-state index in [4.69, 9.17) is 21.7 Å². The molecule has 0 radical (unpaired) electrons. The van der Waals surface area contributed by atoms with E-state index in [1.807, 2.05) is 6.92 Å². The number of methoxy groups -OCH3 is 1. The van der Waals surface area contributed by atoms with Gasteiger partial charge in [-0.2, -0.15) is 0 Å². The van der Waals surface area contributed by atoms with E-state index >= 15 is 0 Å². The number of ketones is 1. The summed E-state index contributed by atoms with van der Waals surface area (Å²) in [5.41, 5.74) is 2.08. The molecule has 6 nitrogen and oxygen atoms in total. The zero-order valence-corrected chi connectivity index (χ0v) is 22.2. The molecule has 3 N–H and O–H groups in total. The van der Waals surface area contributed by atoms with Crippen LogP contribution in [0.3, 0.4) is 0 Å². The first-order valence-corrected chi connectivity index (χ1v) is 12.8. The maximum absolute atomic E-state index is 13.9. The smallest absolute Gasteiger partial charge is 0.271 e. The Balaban J connectivity index is 1.63. The molecule has 0 saturated heterocycles. The Bertz CT molecular complexity index is 1140. The average molecular weight is 534 g/mol. The molecule has 2 atom stereocenters. The van der Waals surface area contributed by atoms with Crippen molar-refractivity contribution in [1.29, 1.82) is 5.41 Å². The molecule has 200 valence electrons. The van der Waals surface area contributed by atoms with Gasteiger partial charge in [0.05, 0.1) is 12.3 Å². The molecular formula is C28H34ClF2N3O3. The second-order valence-corrected chi connectivity index (χ2v) is 10.1. The summed E-state index contributed by atoms with van der Waals surface area (Å²) in [6.45, 7) is 4.00. The first-order chi connectivity index (χ1) is 17.5. The Hall–Kier alpha value is -2.84. The van der Waals surface area contributed by atoms with Gasteiger partial charge in [-0.15, -0.1) is 0 Å². The van der Waals surface area contributed by atoms with Crippen molar-refractivity contribution in [2.45, 2.75) is 45.5 Å². The molecule has 1 amide bonds. The molecule has 9 heteroatoms. The van der Waals surface area contributed by atoms with E-state index < -0.39 is 5.92 Å². The topological polar surface area (TPSA) is 91.3 Å². The molecule has 1 saturated carbocycles. The quantitative estimate of drug-likeness (QED) is 0.270. The molecule has 0 heterocycles. The van der Waals surface area contributed by atoms with Gasteiger partial charge in [0.1, 0.15) is 0 Å². The van der Waals surface area contributed by atoms with Crippen molar-refractivity contribution in [3.63, 3.8) is 0 Å². The van der Waals surface area contributed by atoms with E-state index in [2.05, 4.69) is 10.6 Å². The van der Waals surface area contributed by atoms with Crippen LogP contribution in [0.4, 0.5) is 8.78 Å². The van der Waals surface area contributed by atoms with Gasteiger partial charge in [0.15, 0.2) is 5.78 Å². The third kappa shape index (κ3) is 7.36. The van der Waals surface area contributed by atoms with Crippen LogP contribution in [0.1, 0.15) is 55.5 Å². The predicted molar refractivity (Wildman–Crippen MR) is 141 cm³/mol. The highest BCUT2D eigenvalue weighted by atomic mass is 35.5. The molecule has 1 aromatic rings. The highest BCUT2D eigenvalue weighted by Crippen LogP contribution is 2.36. The summed E-state index contributed by atoms with van der Waals surface area (Å²) in [6, 6.07) is 4.11. The fraction of sp³-hybridized carbons (Fsp3) is 0.464. The van der Waals surface area contributed by atoms with E-state index in [-0.39, 0.29) is 39.7 Å². The number of rotatable bonds is 10. The predicted octanol–water partition coefficient (Wildman–Crippen LogP) is 5.58. The molecule has 0 aliphatic heterocycles. The highest BCUT2D eigenvalue weighted by molar-refractivity contribution is 6.31. The molecule has 37 heavy (non-hydrogen) atoms. The number of hydrogen-bond acceptors (Lipinski definition) is 5. The Morgan fingerprint density at radius 3 is 2.73 bits per heavy atom. The van der Waals surface area contributed by atoms with E-state index in [0.717, 1.165) is 26.2 Å². The molecule has 2 aliphatic rings. The van der Waals surface area contributed by atoms with Crippen LogP contribution in [-0.2, 0) is 15.5 Å². The molecule has 2 aliphatic carbocycles. The lowest BCUT2D eigenvalue weighted by molar-refractivity contribution is -0.117. The minimum Gasteiger partial charge on any atom is -0.390 e. The number of nitrogens with one attached hydrogen (secondary N) is 3. The van der Waals surface area contributed by atoms with Gasteiger partial charge in [0.25, 0.3) is 11.8 Å². The van der Waals surface area contributed by atoms with Gasteiger partial charge < -0.3 is 20.8 Å². The Kier molecular flexibility index (Phi) is 9.79. The summed E-state index contributed by atoms with van der Waals surface area (Å²) >= 11 is 5.94. The number of carbonyl (C=O) groups excluding carboxylic acids is 2. The SMILES string of the molecule is COCCNC(=O)C1=C(C)/C(=C/NCC2CCCC(C(=O)c3ccc(Cl)c(C(C)(F)F)c3)C2)C(=N)C=C1. The van der Waals surface area contributed by atoms with Crippen molar-refractivity contribution in [3.05, 3.63) is 69.4 Å². The first kappa shape index (κ1) is 28.7. The van der Waals surface area contributed by atoms with E-state index in [0.29, 0.717) is 48.5 Å². The van der Waals surface area contributed by atoms with Crippen LogP contribution < -0.4 is 10.6 Å². The number of allylic oxidation sites excluding steroid dienone is 3. The Morgan fingerprint density at radius 1 is 1.27 bits per heavy atom. The summed E-state index contributed by atoms with van der Waals surface area (Å²) < 4.78 is 32.7. The summed E-state index contributed by atoms with van der Waals surface area (Å²) in [5.74, 6) is -3.50. The molecule has 0 spiro atoms. The fourth-order valence-electron chi connectivity index (χ4n) is 4.82. The van der Waals surface area contributed by atoms with Gasteiger partial charge in [-0.3, -0.25) is 9.59 Å². The van der Waals surface area contributed by atoms with E-state index in [1.54, 1.807) is 25.5 Å². The van der Waals surface area contributed by atoms with Crippen molar-refractivity contribution in [1.82, 2.24) is 10.6 Å². The fourth-order valence-corrected chi connectivity index (χ4v) is 5.10. The van der Waals surface area contributed by atoms with Gasteiger partial charge in [-0.25, -0.2) is 8.78 Å². The number of alkyl halides is 2. The summed E-state index contributed by atoms with van der Waals surface area (Å²) in [6.07, 6.45) is 8.17. The number of hydrogen-bond donors (Lipinski definition) is 3. The molecule has 3 rings (SSSR count). The van der Waals surface area contributed by atoms with Crippen molar-refractivity contribution >= 4 is 29.0 Å². The van der Waals surface area contributed by atoms with Crippen LogP contribution in [0.25, 0.3) is 0 Å². The van der Waals surface area contributed by atoms with Crippen LogP contribution >= 0.6 is 11.6 Å². The summed E-state index contributed by atoms with van der Waals surface area (Å²) in [7, 11) is 1.57. The van der Waals surface area contributed by atoms with Crippen molar-refractivity contribution in [2.75, 3.05) is 26.8 Å². The maximum atomic E-state index is 13.9. The Morgan fingerprint density at radius 2 is 2.03 bits per heavy atom. The minimum absolute atomic E-state index is 0.0501. The van der Waals surface area contributed by atoms with E-state index in [9.17, 15) is 18.4 Å². The van der Waals surface area contributed by atoms with Crippen LogP contribution in [0.5, 0.6) is 0 Å². The standard InChI is InChI=1S/C28H34ClF2N3O3/c1-17-21(27(36)34-11-12-37-3)8-10-25(32)22(17)16-33-15-18-5-4-6-19(13-18)26(35)20-7-9-24(29)23(14-20)28(2,30)31/h7-10,14,16,18-19,32-33H,4-6,11-13,15H2,1-3H3,(H,34,36)/b22-16-,32-25?. The van der Waals surface area contributed by atoms with Crippen molar-refractivity contribution < 1.29 is 23.1 Å². The number of benzene rings is 1. The molecule has 0 bridgehead atoms. The lowest BCUT2D eigenvalue weighted by Gasteiger charge is -2.29. The highest BCUT2D eigenvalue weighted by Gasteiger charge is 2.31. The molecular weight excluding hydrogens is 500 g/mol. The monoisotopic (exact) mass is 533 g/mol. The third-order valence-electron chi connectivity index (χ3n) is 6.88. The largest absolute Gasteiger partial charge is 0.390 e. The Labute approximate surface area is 221 Å². The number of Topliss-reactive ketones (excluding diaryl/α,β-unsaturated/α-hetero) is 1. The second-order valence-electron chi connectivity index (χ2n) is 9.68. The second kappa shape index (κ2) is 12.6. The lowest BCUT2D eigenvalue weighted by atomic mass is 9.77. The van der Waals surface area contributed by atoms with Gasteiger partial charge in [-0.1, -0.05) is 18.0 Å². The lowest BCUT2D eigenvalue weighted by Crippen LogP contribution is -2.30. The molecule has 1 aromatic carbocycles. The zero-order valence-electron chi connectivity index (χ0n) is 21.4. The molecule has 2 unspecified atom stereocenters. The van der Waals surface area contributed by atoms with Gasteiger partial charge in [-0.05, 0) is 68.0 Å². The van der Waals surface area contributed by atoms with Gasteiger partial charge in [0.2, 0.25) is 0 Å². The first-order valence-electron chi connectivity index (χ1n) is 12.4. The molecule has 1 fully saturated rings. The molecule has 0 aromatic heterocycles. The maximum Gasteiger partial charge on any atom is 0.271 e. The number of ether oxygens (including phenoxy) is 1. The summed E-state index contributed by atoms with van der Waals surface area (Å²) in [5, 5.41) is 14.3. The van der Waals surface area contributed by atoms with Crippen molar-refractivity contribution in [2.24, 2.45) is 11.8 Å². The minimum atomic E-state index is -3.13. The van der Waals surface area contributed by atoms with Crippen LogP contribution in [-0.4, -0.2) is 44.2 Å². The zero-order chi connectivity index (χ0) is 27.2. The van der Waals surface area contributed by atoms with Gasteiger partial charge >= 0.3 is 0 Å². The summed E-state index contributed by atoms with van der Waals surface area (Å²) in [4.78, 5) is 25.6. The number of halogens is 3. The van der Waals surface area contributed by atoms with Crippen molar-refractivity contribution in [3.8, 4) is 0 Å². The van der Waals surface area contributed by atoms with Crippen LogP contribution in [0.15, 0.2) is 53.3 Å². The normalized spacial score (nSPS) is 21.4.